The molecule has 0 fully saturated rings. The van der Waals surface area contributed by atoms with Gasteiger partial charge in [-0.1, -0.05) is 27.7 Å². The van der Waals surface area contributed by atoms with E-state index in [1.165, 1.54) is 5.01 Å². The SMILES string of the molecule is CCC(O)(CC)CNCc1csc(C(C)C)n1. The highest BCUT2D eigenvalue weighted by Gasteiger charge is 2.21. The molecule has 17 heavy (non-hydrogen) atoms. The van der Waals surface area contributed by atoms with Gasteiger partial charge in [-0.05, 0) is 12.8 Å². The van der Waals surface area contributed by atoms with E-state index in [2.05, 4.69) is 29.5 Å². The molecule has 1 heterocycles. The van der Waals surface area contributed by atoms with Crippen molar-refractivity contribution < 1.29 is 5.11 Å². The topological polar surface area (TPSA) is 45.1 Å². The molecule has 0 atom stereocenters. The summed E-state index contributed by atoms with van der Waals surface area (Å²) in [6.45, 7) is 9.72. The van der Waals surface area contributed by atoms with Crippen LogP contribution in [0.25, 0.3) is 0 Å². The minimum Gasteiger partial charge on any atom is -0.389 e. The van der Waals surface area contributed by atoms with Crippen LogP contribution < -0.4 is 5.32 Å². The van der Waals surface area contributed by atoms with Crippen LogP contribution in [0.4, 0.5) is 0 Å². The quantitative estimate of drug-likeness (QED) is 0.788. The number of thiazole rings is 1. The molecule has 0 aliphatic rings. The van der Waals surface area contributed by atoms with Gasteiger partial charge in [-0.2, -0.15) is 0 Å². The van der Waals surface area contributed by atoms with Crippen LogP contribution in [0.2, 0.25) is 0 Å². The molecule has 1 rings (SSSR count). The molecule has 3 nitrogen and oxygen atoms in total. The van der Waals surface area contributed by atoms with Gasteiger partial charge in [-0.25, -0.2) is 4.98 Å². The zero-order valence-electron chi connectivity index (χ0n) is 11.3. The van der Waals surface area contributed by atoms with Crippen LogP contribution in [0.1, 0.15) is 57.2 Å². The van der Waals surface area contributed by atoms with Gasteiger partial charge in [0.2, 0.25) is 0 Å². The van der Waals surface area contributed by atoms with E-state index in [1.54, 1.807) is 11.3 Å². The Labute approximate surface area is 108 Å². The van der Waals surface area contributed by atoms with Crippen molar-refractivity contribution in [3.63, 3.8) is 0 Å². The Morgan fingerprint density at radius 3 is 2.53 bits per heavy atom. The molecule has 0 saturated heterocycles. The number of nitrogens with zero attached hydrogens (tertiary/aromatic N) is 1. The van der Waals surface area contributed by atoms with Crippen LogP contribution in [-0.2, 0) is 6.54 Å². The van der Waals surface area contributed by atoms with Crippen LogP contribution in [0, 0.1) is 0 Å². The van der Waals surface area contributed by atoms with E-state index in [1.807, 2.05) is 13.8 Å². The molecule has 0 spiro atoms. The molecule has 98 valence electrons. The minimum absolute atomic E-state index is 0.497. The molecule has 0 amide bonds. The fourth-order valence-corrected chi connectivity index (χ4v) is 2.43. The molecular formula is C13H24N2OS. The summed E-state index contributed by atoms with van der Waals surface area (Å²) in [5, 5.41) is 16.7. The number of aromatic nitrogens is 1. The fraction of sp³-hybridized carbons (Fsp3) is 0.769. The van der Waals surface area contributed by atoms with Crippen molar-refractivity contribution in [2.24, 2.45) is 0 Å². The lowest BCUT2D eigenvalue weighted by Crippen LogP contribution is -2.39. The van der Waals surface area contributed by atoms with Crippen LogP contribution >= 0.6 is 11.3 Å². The predicted octanol–water partition coefficient (Wildman–Crippen LogP) is 2.91. The van der Waals surface area contributed by atoms with Crippen LogP contribution in [0.15, 0.2) is 5.38 Å². The van der Waals surface area contributed by atoms with Gasteiger partial charge in [0.25, 0.3) is 0 Å². The third-order valence-electron chi connectivity index (χ3n) is 3.14. The zero-order chi connectivity index (χ0) is 12.9. The Hall–Kier alpha value is -0.450. The Balaban J connectivity index is 2.40. The summed E-state index contributed by atoms with van der Waals surface area (Å²) in [5.41, 5.74) is 0.505. The smallest absolute Gasteiger partial charge is 0.0954 e. The molecule has 0 unspecified atom stereocenters. The van der Waals surface area contributed by atoms with E-state index in [4.69, 9.17) is 0 Å². The maximum atomic E-state index is 10.1. The highest BCUT2D eigenvalue weighted by atomic mass is 32.1. The maximum Gasteiger partial charge on any atom is 0.0954 e. The molecule has 4 heteroatoms. The van der Waals surface area contributed by atoms with Crippen molar-refractivity contribution in [3.8, 4) is 0 Å². The maximum absolute atomic E-state index is 10.1. The lowest BCUT2D eigenvalue weighted by molar-refractivity contribution is 0.0322. The molecule has 0 aromatic carbocycles. The van der Waals surface area contributed by atoms with Crippen molar-refractivity contribution in [2.45, 2.75) is 58.6 Å². The second-order valence-electron chi connectivity index (χ2n) is 4.87. The van der Waals surface area contributed by atoms with Crippen LogP contribution in [0.3, 0.4) is 0 Å². The zero-order valence-corrected chi connectivity index (χ0v) is 12.1. The van der Waals surface area contributed by atoms with E-state index in [9.17, 15) is 5.11 Å². The van der Waals surface area contributed by atoms with Crippen molar-refractivity contribution in [3.05, 3.63) is 16.1 Å². The Morgan fingerprint density at radius 2 is 2.06 bits per heavy atom. The summed E-state index contributed by atoms with van der Waals surface area (Å²) < 4.78 is 0. The molecule has 1 aromatic rings. The van der Waals surface area contributed by atoms with Gasteiger partial charge in [0.1, 0.15) is 0 Å². The van der Waals surface area contributed by atoms with Crippen molar-refractivity contribution in [1.29, 1.82) is 0 Å². The van der Waals surface area contributed by atoms with Crippen molar-refractivity contribution in [2.75, 3.05) is 6.54 Å². The summed E-state index contributed by atoms with van der Waals surface area (Å²) >= 11 is 1.71. The molecule has 0 aliphatic heterocycles. The minimum atomic E-state index is -0.573. The average Bonchev–Trinajstić information content (AvgIpc) is 2.78. The van der Waals surface area contributed by atoms with Gasteiger partial charge in [0, 0.05) is 24.4 Å². The average molecular weight is 256 g/mol. The highest BCUT2D eigenvalue weighted by Crippen LogP contribution is 2.19. The Kier molecular flexibility index (Phi) is 5.56. The second-order valence-corrected chi connectivity index (χ2v) is 5.76. The molecule has 2 N–H and O–H groups in total. The van der Waals surface area contributed by atoms with Gasteiger partial charge < -0.3 is 10.4 Å². The first-order chi connectivity index (χ1) is 8.00. The van der Waals surface area contributed by atoms with Gasteiger partial charge in [-0.15, -0.1) is 11.3 Å². The van der Waals surface area contributed by atoms with Crippen LogP contribution in [-0.4, -0.2) is 22.2 Å². The first-order valence-electron chi connectivity index (χ1n) is 6.38. The number of hydrogen-bond donors (Lipinski definition) is 2. The van der Waals surface area contributed by atoms with Gasteiger partial charge >= 0.3 is 0 Å². The summed E-state index contributed by atoms with van der Waals surface area (Å²) in [4.78, 5) is 4.56. The number of aliphatic hydroxyl groups is 1. The Morgan fingerprint density at radius 1 is 1.41 bits per heavy atom. The van der Waals surface area contributed by atoms with Crippen molar-refractivity contribution in [1.82, 2.24) is 10.3 Å². The summed E-state index contributed by atoms with van der Waals surface area (Å²) in [7, 11) is 0. The van der Waals surface area contributed by atoms with Gasteiger partial charge in [-0.3, -0.25) is 0 Å². The third-order valence-corrected chi connectivity index (χ3v) is 4.33. The number of rotatable bonds is 7. The number of hydrogen-bond acceptors (Lipinski definition) is 4. The molecule has 0 radical (unpaired) electrons. The Bertz CT molecular complexity index is 332. The lowest BCUT2D eigenvalue weighted by atomic mass is 9.98. The number of nitrogens with one attached hydrogen (secondary N) is 1. The lowest BCUT2D eigenvalue weighted by Gasteiger charge is -2.25. The first-order valence-corrected chi connectivity index (χ1v) is 7.26. The standard InChI is InChI=1S/C13H24N2OS/c1-5-13(16,6-2)9-14-7-11-8-17-12(15-11)10(3)4/h8,10,14,16H,5-7,9H2,1-4H3. The second kappa shape index (κ2) is 6.47. The summed E-state index contributed by atoms with van der Waals surface area (Å²) in [6, 6.07) is 0. The first kappa shape index (κ1) is 14.6. The van der Waals surface area contributed by atoms with Crippen molar-refractivity contribution >= 4 is 11.3 Å². The van der Waals surface area contributed by atoms with E-state index < -0.39 is 5.60 Å². The third kappa shape index (κ3) is 4.37. The van der Waals surface area contributed by atoms with Crippen LogP contribution in [0.5, 0.6) is 0 Å². The molecular weight excluding hydrogens is 232 g/mol. The van der Waals surface area contributed by atoms with E-state index in [0.29, 0.717) is 12.5 Å². The predicted molar refractivity (Wildman–Crippen MR) is 73.4 cm³/mol. The van der Waals surface area contributed by atoms with E-state index >= 15 is 0 Å². The molecule has 0 saturated carbocycles. The van der Waals surface area contributed by atoms with E-state index in [0.717, 1.165) is 25.1 Å². The fourth-order valence-electron chi connectivity index (χ4n) is 1.59. The highest BCUT2D eigenvalue weighted by molar-refractivity contribution is 7.09. The molecule has 0 aliphatic carbocycles. The summed E-state index contributed by atoms with van der Waals surface area (Å²) in [5.74, 6) is 0.497. The van der Waals surface area contributed by atoms with Gasteiger partial charge in [0.15, 0.2) is 0 Å². The normalized spacial score (nSPS) is 12.4. The monoisotopic (exact) mass is 256 g/mol. The molecule has 1 aromatic heterocycles. The largest absolute Gasteiger partial charge is 0.389 e. The van der Waals surface area contributed by atoms with Gasteiger partial charge in [0.05, 0.1) is 16.3 Å². The summed E-state index contributed by atoms with van der Waals surface area (Å²) in [6.07, 6.45) is 1.57. The van der Waals surface area contributed by atoms with E-state index in [-0.39, 0.29) is 0 Å². The molecule has 0 bridgehead atoms.